The van der Waals surface area contributed by atoms with Crippen LogP contribution in [-0.2, 0) is 50.2 Å². The highest BCUT2D eigenvalue weighted by molar-refractivity contribution is 8.15. The van der Waals surface area contributed by atoms with Crippen molar-refractivity contribution in [1.29, 1.82) is 0 Å². The fourth-order valence-corrected chi connectivity index (χ4v) is 7.56. The largest absolute Gasteiger partial charge is 0.374 e. The van der Waals surface area contributed by atoms with Crippen molar-refractivity contribution in [1.82, 2.24) is 46.1 Å². The van der Waals surface area contributed by atoms with Crippen molar-refractivity contribution < 1.29 is 42.9 Å². The molecule has 1 atom stereocenters. The minimum absolute atomic E-state index is 0.112. The molecule has 2 aromatic heterocycles. The number of thioether (sulfide) groups is 2. The number of carbonyl (C=O) groups is 2. The predicted octanol–water partition coefficient (Wildman–Crippen LogP) is 12.8. The molecule has 84 heavy (non-hydrogen) atoms. The van der Waals surface area contributed by atoms with Crippen LogP contribution in [0, 0.1) is 19.3 Å². The van der Waals surface area contributed by atoms with Crippen molar-refractivity contribution >= 4 is 64.1 Å². The van der Waals surface area contributed by atoms with Gasteiger partial charge in [-0.2, -0.15) is 15.1 Å². The zero-order valence-electron chi connectivity index (χ0n) is 54.5. The van der Waals surface area contributed by atoms with E-state index in [4.69, 9.17) is 33.4 Å². The van der Waals surface area contributed by atoms with Crippen molar-refractivity contribution in [2.75, 3.05) is 32.2 Å². The smallest absolute Gasteiger partial charge is 0.286 e. The molecule has 21 nitrogen and oxygen atoms in total. The SMILES string of the molecule is C=C1N=C(COC(C)(C)C)NO1.C=C1N=C(COC(C)(C)C)NO1.C=C1N=C(COC(C)(C)C)NS1.CC(C)(C)OCC1SC(=O)NC1=O.CC(C)(C)OCc1ncn[nH]1.Cc1ccccc1SCC(C)(C)C.Cc1nccc(C(C)(C)C)n1. The first-order chi connectivity index (χ1) is 38.4. The van der Waals surface area contributed by atoms with Crippen molar-refractivity contribution in [3.63, 3.8) is 0 Å². The number of ether oxygens (including phenoxy) is 5. The first-order valence-electron chi connectivity index (χ1n) is 27.5. The maximum Gasteiger partial charge on any atom is 0.286 e. The number of rotatable bonds is 12. The highest BCUT2D eigenvalue weighted by atomic mass is 32.2. The number of nitrogens with zero attached hydrogens (tertiary/aromatic N) is 7. The summed E-state index contributed by atoms with van der Waals surface area (Å²) in [5, 5.41) is 8.77. The number of hydrogen-bond donors (Lipinski definition) is 5. The second kappa shape index (κ2) is 35.3. The van der Waals surface area contributed by atoms with E-state index in [0.717, 1.165) is 40.0 Å². The summed E-state index contributed by atoms with van der Waals surface area (Å²) in [4.78, 5) is 57.2. The van der Waals surface area contributed by atoms with Gasteiger partial charge in [-0.05, 0) is 166 Å². The van der Waals surface area contributed by atoms with Crippen LogP contribution in [0.4, 0.5) is 4.79 Å². The van der Waals surface area contributed by atoms with E-state index >= 15 is 0 Å². The monoisotopic (exact) mass is 1230 g/mol. The number of H-pyrrole nitrogens is 1. The lowest BCUT2D eigenvalue weighted by atomic mass is 9.92. The molecule has 4 aliphatic heterocycles. The molecule has 0 radical (unpaired) electrons. The fourth-order valence-electron chi connectivity index (χ4n) is 5.28. The minimum atomic E-state index is -0.383. The standard InChI is InChI=1S/C12H18S.C9H14N2.2C8H14N2O2.C8H14N2OS.C8H13NO3S.C7H13N3O/c1-10-7-5-6-8-11(10)13-9-12(2,3)4;1-7-10-6-5-8(11-7)9(2,3)4;3*1-6-9-7(10-12-6)5-11-8(2,3)4;1-8(2,3)12-4-5-6(10)9-7(11)13-5;1-7(2,3)11-4-6-8-5-9-10-6/h5-8H,9H2,1-4H3;5-6H,1-4H3;3*1,5H2,2-4H3,(H,9,10);5H,4H2,1-3H3,(H,9,10,11);5H,4H2,1-3H3,(H,8,9,10). The molecule has 1 unspecified atom stereocenters. The fraction of sp³-hybridized carbons (Fsp3) is 0.617. The number of amides is 2. The van der Waals surface area contributed by atoms with E-state index < -0.39 is 0 Å². The summed E-state index contributed by atoms with van der Waals surface area (Å²) < 4.78 is 30.3. The Morgan fingerprint density at radius 3 is 1.46 bits per heavy atom. The van der Waals surface area contributed by atoms with Gasteiger partial charge in [0.05, 0.1) is 34.6 Å². The van der Waals surface area contributed by atoms with Crippen LogP contribution in [0.3, 0.4) is 0 Å². The molecule has 0 aliphatic carbocycles. The van der Waals surface area contributed by atoms with Gasteiger partial charge in [0.1, 0.15) is 60.5 Å². The average molecular weight is 1230 g/mol. The molecule has 4 aliphatic rings. The van der Waals surface area contributed by atoms with Gasteiger partial charge in [0.15, 0.2) is 11.7 Å². The van der Waals surface area contributed by atoms with Crippen molar-refractivity contribution in [2.45, 2.75) is 209 Å². The average Bonchev–Trinajstić information content (AvgIpc) is 4.31. The Kier molecular flexibility index (Phi) is 32.2. The lowest BCUT2D eigenvalue weighted by molar-refractivity contribution is -0.120. The summed E-state index contributed by atoms with van der Waals surface area (Å²) >= 11 is 4.37. The molecule has 24 heteroatoms. The van der Waals surface area contributed by atoms with Crippen LogP contribution < -0.4 is 21.0 Å². The number of amidine groups is 3. The molecule has 0 spiro atoms. The van der Waals surface area contributed by atoms with Gasteiger partial charge in [-0.25, -0.2) is 30.9 Å². The molecule has 1 saturated heterocycles. The molecule has 6 heterocycles. The van der Waals surface area contributed by atoms with Gasteiger partial charge in [0.25, 0.3) is 5.24 Å². The van der Waals surface area contributed by atoms with E-state index in [1.165, 1.54) is 34.5 Å². The van der Waals surface area contributed by atoms with Gasteiger partial charge in [-0.3, -0.25) is 20.0 Å². The van der Waals surface area contributed by atoms with Crippen LogP contribution in [0.2, 0.25) is 0 Å². The lowest BCUT2D eigenvalue weighted by Crippen LogP contribution is -2.31. The van der Waals surface area contributed by atoms with E-state index in [-0.39, 0.29) is 56.4 Å². The normalized spacial score (nSPS) is 15.9. The minimum Gasteiger partial charge on any atom is -0.374 e. The van der Waals surface area contributed by atoms with Gasteiger partial charge in [0, 0.05) is 39.9 Å². The van der Waals surface area contributed by atoms with Crippen molar-refractivity contribution in [2.24, 2.45) is 20.4 Å². The molecule has 1 fully saturated rings. The van der Waals surface area contributed by atoms with Crippen LogP contribution in [-0.4, -0.2) is 119 Å². The molecule has 1 aromatic carbocycles. The summed E-state index contributed by atoms with van der Waals surface area (Å²) in [5.74, 6) is 5.46. The number of carbonyl (C=O) groups excluding carboxylic acids is 2. The summed E-state index contributed by atoms with van der Waals surface area (Å²) in [6.07, 6.45) is 3.28. The van der Waals surface area contributed by atoms with Crippen molar-refractivity contribution in [3.05, 3.63) is 102 Å². The van der Waals surface area contributed by atoms with Crippen LogP contribution >= 0.6 is 35.5 Å². The molecule has 2 amide bonds. The Morgan fingerprint density at radius 1 is 0.619 bits per heavy atom. The lowest BCUT2D eigenvalue weighted by Gasteiger charge is -2.20. The Bertz CT molecular complexity index is 2500. The first-order valence-corrected chi connectivity index (χ1v) is 30.2. The number of aromatic nitrogens is 5. The third-order valence-corrected chi connectivity index (χ3v) is 12.8. The maximum atomic E-state index is 11.1. The third-order valence-electron chi connectivity index (χ3n) is 9.40. The van der Waals surface area contributed by atoms with Crippen LogP contribution in [0.15, 0.2) is 99.3 Å². The second-order valence-electron chi connectivity index (χ2n) is 26.2. The molecule has 472 valence electrons. The first kappa shape index (κ1) is 76.7. The van der Waals surface area contributed by atoms with Gasteiger partial charge >= 0.3 is 0 Å². The zero-order valence-corrected chi connectivity index (χ0v) is 57.0. The van der Waals surface area contributed by atoms with E-state index in [2.05, 4.69) is 154 Å². The summed E-state index contributed by atoms with van der Waals surface area (Å²) in [7, 11) is 0. The quantitative estimate of drug-likeness (QED) is 0.0835. The number of aryl methyl sites for hydroxylation is 2. The number of hydroxylamine groups is 2. The Balaban J connectivity index is 0.000000490. The molecular formula is C60H100N12O9S3. The van der Waals surface area contributed by atoms with E-state index in [9.17, 15) is 9.59 Å². The van der Waals surface area contributed by atoms with Crippen LogP contribution in [0.5, 0.6) is 0 Å². The summed E-state index contributed by atoms with van der Waals surface area (Å²) in [6.45, 7) is 59.9. The molecule has 0 bridgehead atoms. The highest BCUT2D eigenvalue weighted by Crippen LogP contribution is 2.29. The maximum absolute atomic E-state index is 11.1. The zero-order chi connectivity index (χ0) is 64.3. The topological polar surface area (TPSA) is 251 Å². The Morgan fingerprint density at radius 2 is 1.11 bits per heavy atom. The van der Waals surface area contributed by atoms with Gasteiger partial charge in [0.2, 0.25) is 17.7 Å². The number of hydrogen-bond acceptors (Lipinski definition) is 22. The van der Waals surface area contributed by atoms with Gasteiger partial charge in [-0.15, -0.1) is 11.8 Å². The number of aromatic amines is 1. The van der Waals surface area contributed by atoms with Crippen LogP contribution in [0.1, 0.15) is 168 Å². The molecule has 0 saturated carbocycles. The van der Waals surface area contributed by atoms with Crippen LogP contribution in [0.25, 0.3) is 0 Å². The number of imide groups is 1. The molecular weight excluding hydrogens is 1130 g/mol. The molecule has 3 aromatic rings. The number of aliphatic imine (C=N–C) groups is 3. The van der Waals surface area contributed by atoms with E-state index in [1.807, 2.05) is 135 Å². The molecule has 5 N–H and O–H groups in total. The number of nitrogens with one attached hydrogen (secondary N) is 5. The second-order valence-corrected chi connectivity index (χ2v) is 29.2. The summed E-state index contributed by atoms with van der Waals surface area (Å²) in [5.41, 5.74) is 7.42. The van der Waals surface area contributed by atoms with Gasteiger partial charge < -0.3 is 38.1 Å². The molecule has 7 rings (SSSR count). The van der Waals surface area contributed by atoms with E-state index in [1.54, 1.807) is 0 Å². The summed E-state index contributed by atoms with van der Waals surface area (Å²) in [6, 6.07) is 10.5. The Hall–Kier alpha value is -5.34. The van der Waals surface area contributed by atoms with Gasteiger partial charge in [-0.1, -0.05) is 66.3 Å². The predicted molar refractivity (Wildman–Crippen MR) is 344 cm³/mol. The van der Waals surface area contributed by atoms with E-state index in [0.29, 0.717) is 55.3 Å². The van der Waals surface area contributed by atoms with Crippen molar-refractivity contribution in [3.8, 4) is 0 Å². The number of benzene rings is 1. The Labute approximate surface area is 514 Å². The third kappa shape index (κ3) is 40.8. The highest BCUT2D eigenvalue weighted by Gasteiger charge is 2.33.